The maximum absolute atomic E-state index is 13.6. The number of hydrogen-bond acceptors (Lipinski definition) is 4. The molecule has 0 N–H and O–H groups in total. The normalized spacial score (nSPS) is 20.0. The van der Waals surface area contributed by atoms with Crippen LogP contribution in [0.15, 0.2) is 17.6 Å². The molecule has 7 heteroatoms. The lowest BCUT2D eigenvalue weighted by molar-refractivity contribution is 0.00578. The van der Waals surface area contributed by atoms with Crippen molar-refractivity contribution < 1.29 is 22.8 Å². The van der Waals surface area contributed by atoms with Crippen molar-refractivity contribution in [2.75, 3.05) is 12.9 Å². The van der Waals surface area contributed by atoms with Gasteiger partial charge in [-0.05, 0) is 50.9 Å². The van der Waals surface area contributed by atoms with Gasteiger partial charge in [-0.15, -0.1) is 0 Å². The lowest BCUT2D eigenvalue weighted by Gasteiger charge is -2.32. The lowest BCUT2D eigenvalue weighted by atomic mass is 9.78. The second-order valence-electron chi connectivity index (χ2n) is 6.48. The fourth-order valence-corrected chi connectivity index (χ4v) is 2.45. The summed E-state index contributed by atoms with van der Waals surface area (Å²) in [6, 6.07) is 2.53. The summed E-state index contributed by atoms with van der Waals surface area (Å²) in [6.07, 6.45) is 1.68. The number of ether oxygens (including phenoxy) is 1. The molecule has 0 radical (unpaired) electrons. The molecule has 0 spiro atoms. The topological polar surface area (TPSA) is 27.7 Å². The first-order valence-corrected chi connectivity index (χ1v) is 7.94. The second-order valence-corrected chi connectivity index (χ2v) is 6.80. The number of thiol groups is 1. The van der Waals surface area contributed by atoms with Crippen LogP contribution in [-0.4, -0.2) is 31.2 Å². The average molecular weight is 342 g/mol. The van der Waals surface area contributed by atoms with Crippen molar-refractivity contribution in [2.24, 2.45) is 0 Å². The van der Waals surface area contributed by atoms with E-state index in [1.165, 1.54) is 13.2 Å². The van der Waals surface area contributed by atoms with Gasteiger partial charge in [-0.2, -0.15) is 17.0 Å². The maximum Gasteiger partial charge on any atom is 0.491 e. The van der Waals surface area contributed by atoms with Crippen LogP contribution >= 0.6 is 12.6 Å². The molecule has 0 atom stereocenters. The SMILES string of the molecule is COc1cc(C=C(CS)B2OC(C)(C)C(C)(C)O2)cc(F)c1F. The Bertz CT molecular complexity index is 616. The fraction of sp³-hybridized carbons (Fsp3) is 0.500. The van der Waals surface area contributed by atoms with Crippen LogP contribution in [0.25, 0.3) is 6.08 Å². The third-order valence-corrected chi connectivity index (χ3v) is 4.69. The molecular weight excluding hydrogens is 321 g/mol. The molecule has 3 nitrogen and oxygen atoms in total. The Morgan fingerprint density at radius 2 is 1.78 bits per heavy atom. The van der Waals surface area contributed by atoms with E-state index in [1.54, 1.807) is 6.08 Å². The minimum absolute atomic E-state index is 0.149. The second kappa shape index (κ2) is 6.45. The van der Waals surface area contributed by atoms with Crippen LogP contribution in [0.3, 0.4) is 0 Å². The third kappa shape index (κ3) is 3.57. The molecule has 0 bridgehead atoms. The van der Waals surface area contributed by atoms with Crippen molar-refractivity contribution >= 4 is 25.8 Å². The van der Waals surface area contributed by atoms with Gasteiger partial charge in [-0.1, -0.05) is 6.08 Å². The molecule has 0 saturated carbocycles. The first-order valence-electron chi connectivity index (χ1n) is 7.31. The Labute approximate surface area is 141 Å². The van der Waals surface area contributed by atoms with E-state index in [4.69, 9.17) is 14.0 Å². The highest BCUT2D eigenvalue weighted by molar-refractivity contribution is 7.80. The van der Waals surface area contributed by atoms with Gasteiger partial charge in [0.05, 0.1) is 18.3 Å². The van der Waals surface area contributed by atoms with Gasteiger partial charge in [0.15, 0.2) is 11.6 Å². The Kier molecular flexibility index (Phi) is 5.13. The highest BCUT2D eigenvalue weighted by Crippen LogP contribution is 2.39. The summed E-state index contributed by atoms with van der Waals surface area (Å²) in [5, 5.41) is 0. The van der Waals surface area contributed by atoms with E-state index in [1.807, 2.05) is 27.7 Å². The molecule has 0 aromatic heterocycles. The molecule has 1 fully saturated rings. The van der Waals surface area contributed by atoms with Gasteiger partial charge in [0, 0.05) is 5.75 Å². The summed E-state index contributed by atoms with van der Waals surface area (Å²) in [5.74, 6) is -1.77. The zero-order valence-electron chi connectivity index (χ0n) is 13.9. The maximum atomic E-state index is 13.6. The number of hydrogen-bond donors (Lipinski definition) is 1. The van der Waals surface area contributed by atoms with E-state index in [0.29, 0.717) is 11.3 Å². The zero-order valence-corrected chi connectivity index (χ0v) is 14.8. The van der Waals surface area contributed by atoms with Gasteiger partial charge < -0.3 is 14.0 Å². The molecule has 1 aliphatic heterocycles. The van der Waals surface area contributed by atoms with E-state index < -0.39 is 30.0 Å². The van der Waals surface area contributed by atoms with Crippen molar-refractivity contribution in [3.05, 3.63) is 34.8 Å². The van der Waals surface area contributed by atoms with Crippen LogP contribution in [0.2, 0.25) is 0 Å². The first-order chi connectivity index (χ1) is 10.6. The van der Waals surface area contributed by atoms with Crippen molar-refractivity contribution in [3.63, 3.8) is 0 Å². The largest absolute Gasteiger partial charge is 0.494 e. The predicted octanol–water partition coefficient (Wildman–Crippen LogP) is 3.92. The van der Waals surface area contributed by atoms with Crippen LogP contribution < -0.4 is 4.74 Å². The van der Waals surface area contributed by atoms with Crippen LogP contribution in [0, 0.1) is 11.6 Å². The van der Waals surface area contributed by atoms with Gasteiger partial charge in [0.25, 0.3) is 0 Å². The number of benzene rings is 1. The standard InChI is InChI=1S/C16H21BF2O3S/c1-15(2)16(3,4)22-17(21-15)11(9-23)6-10-7-12(18)14(19)13(8-10)20-5/h6-8,23H,9H2,1-5H3. The third-order valence-electron chi connectivity index (χ3n) is 4.33. The summed E-state index contributed by atoms with van der Waals surface area (Å²) in [7, 11) is 0.704. The predicted molar refractivity (Wildman–Crippen MR) is 90.8 cm³/mol. The molecule has 23 heavy (non-hydrogen) atoms. The Morgan fingerprint density at radius 3 is 2.26 bits per heavy atom. The summed E-state index contributed by atoms with van der Waals surface area (Å²) < 4.78 is 43.9. The molecule has 1 aliphatic rings. The molecule has 126 valence electrons. The van der Waals surface area contributed by atoms with E-state index in [-0.39, 0.29) is 5.75 Å². The molecule has 0 amide bonds. The van der Waals surface area contributed by atoms with Crippen LogP contribution in [0.5, 0.6) is 5.75 Å². The van der Waals surface area contributed by atoms with E-state index in [0.717, 1.165) is 11.5 Å². The van der Waals surface area contributed by atoms with Gasteiger partial charge in [0.1, 0.15) is 0 Å². The van der Waals surface area contributed by atoms with E-state index >= 15 is 0 Å². The lowest BCUT2D eigenvalue weighted by Crippen LogP contribution is -2.41. The van der Waals surface area contributed by atoms with E-state index in [2.05, 4.69) is 12.6 Å². The molecule has 2 rings (SSSR count). The molecule has 0 aliphatic carbocycles. The summed E-state index contributed by atoms with van der Waals surface area (Å²) in [5.41, 5.74) is 0.219. The number of rotatable bonds is 4. The Hall–Kier alpha value is -1.05. The van der Waals surface area contributed by atoms with Crippen LogP contribution in [-0.2, 0) is 9.31 Å². The summed E-state index contributed by atoms with van der Waals surface area (Å²) in [4.78, 5) is 0. The quantitative estimate of drug-likeness (QED) is 0.664. The Balaban J connectivity index is 2.36. The average Bonchev–Trinajstić information content (AvgIpc) is 2.68. The first kappa shape index (κ1) is 18.3. The van der Waals surface area contributed by atoms with Crippen molar-refractivity contribution in [2.45, 2.75) is 38.9 Å². The van der Waals surface area contributed by atoms with E-state index in [9.17, 15) is 8.78 Å². The monoisotopic (exact) mass is 342 g/mol. The highest BCUT2D eigenvalue weighted by atomic mass is 32.1. The zero-order chi connectivity index (χ0) is 17.4. The summed E-state index contributed by atoms with van der Waals surface area (Å²) in [6.45, 7) is 7.79. The Morgan fingerprint density at radius 1 is 1.22 bits per heavy atom. The van der Waals surface area contributed by atoms with Gasteiger partial charge >= 0.3 is 7.12 Å². The van der Waals surface area contributed by atoms with Gasteiger partial charge in [0.2, 0.25) is 5.82 Å². The molecular formula is C16H21BF2O3S. The van der Waals surface area contributed by atoms with Gasteiger partial charge in [-0.3, -0.25) is 0 Å². The number of methoxy groups -OCH3 is 1. The highest BCUT2D eigenvalue weighted by Gasteiger charge is 2.52. The molecule has 0 unspecified atom stereocenters. The molecule has 1 aromatic rings. The minimum atomic E-state index is -1.01. The summed E-state index contributed by atoms with van der Waals surface area (Å²) >= 11 is 4.30. The fourth-order valence-electron chi connectivity index (χ4n) is 2.21. The minimum Gasteiger partial charge on any atom is -0.494 e. The van der Waals surface area contributed by atoms with Crippen molar-refractivity contribution in [3.8, 4) is 5.75 Å². The molecule has 1 saturated heterocycles. The van der Waals surface area contributed by atoms with Crippen molar-refractivity contribution in [1.82, 2.24) is 0 Å². The molecule has 1 heterocycles. The van der Waals surface area contributed by atoms with Gasteiger partial charge in [-0.25, -0.2) is 4.39 Å². The van der Waals surface area contributed by atoms with Crippen LogP contribution in [0.4, 0.5) is 8.78 Å². The number of halogens is 2. The molecule has 1 aromatic carbocycles. The van der Waals surface area contributed by atoms with Crippen LogP contribution in [0.1, 0.15) is 33.3 Å². The smallest absolute Gasteiger partial charge is 0.491 e. The van der Waals surface area contributed by atoms with Crippen molar-refractivity contribution in [1.29, 1.82) is 0 Å².